The normalized spacial score (nSPS) is 20.3. The van der Waals surface area contributed by atoms with Gasteiger partial charge in [0.15, 0.2) is 0 Å². The minimum atomic E-state index is -1.18. The first-order valence-corrected chi connectivity index (χ1v) is 7.23. The molecule has 1 atom stereocenters. The lowest BCUT2D eigenvalue weighted by atomic mass is 9.89. The van der Waals surface area contributed by atoms with Crippen molar-refractivity contribution in [1.29, 1.82) is 0 Å². The largest absolute Gasteiger partial charge is 0.492 e. The summed E-state index contributed by atoms with van der Waals surface area (Å²) >= 11 is 0. The van der Waals surface area contributed by atoms with Crippen LogP contribution in [0.3, 0.4) is 0 Å². The molecular formula is C17H18FNO2. The second-order valence-corrected chi connectivity index (χ2v) is 5.38. The van der Waals surface area contributed by atoms with Crippen LogP contribution < -0.4 is 4.74 Å². The van der Waals surface area contributed by atoms with Gasteiger partial charge in [-0.15, -0.1) is 0 Å². The highest BCUT2D eigenvalue weighted by Crippen LogP contribution is 2.43. The fraction of sp³-hybridized carbons (Fsp3) is 0.353. The Morgan fingerprint density at radius 2 is 2.24 bits per heavy atom. The number of rotatable bonds is 4. The third kappa shape index (κ3) is 2.40. The van der Waals surface area contributed by atoms with Crippen LogP contribution in [0.2, 0.25) is 0 Å². The van der Waals surface area contributed by atoms with E-state index in [9.17, 15) is 9.50 Å². The van der Waals surface area contributed by atoms with Gasteiger partial charge in [-0.1, -0.05) is 19.1 Å². The number of benzene rings is 1. The molecule has 2 aromatic rings. The Kier molecular flexibility index (Phi) is 3.64. The molecule has 0 saturated carbocycles. The van der Waals surface area contributed by atoms with Crippen molar-refractivity contribution in [1.82, 2.24) is 4.98 Å². The molecule has 1 heterocycles. The predicted molar refractivity (Wildman–Crippen MR) is 77.7 cm³/mol. The summed E-state index contributed by atoms with van der Waals surface area (Å²) in [7, 11) is 0. The van der Waals surface area contributed by atoms with Gasteiger partial charge in [-0.2, -0.15) is 0 Å². The number of aliphatic hydroxyl groups is 1. The Morgan fingerprint density at radius 3 is 3.05 bits per heavy atom. The summed E-state index contributed by atoms with van der Waals surface area (Å²) in [6.45, 7) is 2.63. The van der Waals surface area contributed by atoms with E-state index < -0.39 is 5.60 Å². The minimum absolute atomic E-state index is 0.255. The quantitative estimate of drug-likeness (QED) is 0.939. The van der Waals surface area contributed by atoms with E-state index in [2.05, 4.69) is 4.98 Å². The third-order valence-electron chi connectivity index (χ3n) is 3.96. The molecule has 1 aliphatic rings. The molecule has 1 aliphatic carbocycles. The van der Waals surface area contributed by atoms with E-state index in [0.717, 1.165) is 6.42 Å². The van der Waals surface area contributed by atoms with Crippen LogP contribution in [0.4, 0.5) is 4.39 Å². The van der Waals surface area contributed by atoms with Crippen LogP contribution in [0, 0.1) is 5.82 Å². The van der Waals surface area contributed by atoms with Crippen molar-refractivity contribution in [3.8, 4) is 5.75 Å². The Hall–Kier alpha value is -1.94. The van der Waals surface area contributed by atoms with Gasteiger partial charge in [-0.05, 0) is 42.5 Å². The molecule has 3 nitrogen and oxygen atoms in total. The highest BCUT2D eigenvalue weighted by molar-refractivity contribution is 5.46. The second kappa shape index (κ2) is 5.45. The number of pyridine rings is 1. The van der Waals surface area contributed by atoms with Gasteiger partial charge in [0.05, 0.1) is 12.8 Å². The van der Waals surface area contributed by atoms with Crippen molar-refractivity contribution >= 4 is 0 Å². The van der Waals surface area contributed by atoms with Crippen LogP contribution in [0.15, 0.2) is 36.7 Å². The molecule has 4 heteroatoms. The van der Waals surface area contributed by atoms with Gasteiger partial charge in [0, 0.05) is 11.8 Å². The SMILES string of the molecule is CCCOc1cncc(C2(O)CCc3c(F)cccc32)c1. The predicted octanol–water partition coefficient (Wildman–Crippen LogP) is 3.19. The molecule has 0 amide bonds. The molecule has 1 N–H and O–H groups in total. The lowest BCUT2D eigenvalue weighted by Gasteiger charge is -2.24. The molecule has 3 rings (SSSR count). The van der Waals surface area contributed by atoms with Crippen LogP contribution in [0.25, 0.3) is 0 Å². The molecule has 0 aliphatic heterocycles. The van der Waals surface area contributed by atoms with Crippen molar-refractivity contribution in [2.75, 3.05) is 6.61 Å². The molecule has 1 aromatic carbocycles. The van der Waals surface area contributed by atoms with E-state index in [4.69, 9.17) is 4.74 Å². The van der Waals surface area contributed by atoms with Crippen molar-refractivity contribution < 1.29 is 14.2 Å². The van der Waals surface area contributed by atoms with E-state index in [0.29, 0.717) is 41.9 Å². The van der Waals surface area contributed by atoms with E-state index in [1.807, 2.05) is 6.92 Å². The van der Waals surface area contributed by atoms with Gasteiger partial charge in [0.25, 0.3) is 0 Å². The summed E-state index contributed by atoms with van der Waals surface area (Å²) in [6, 6.07) is 6.65. The van der Waals surface area contributed by atoms with Gasteiger partial charge in [0.2, 0.25) is 0 Å². The first kappa shape index (κ1) is 14.0. The summed E-state index contributed by atoms with van der Waals surface area (Å²) in [4.78, 5) is 4.14. The number of halogens is 1. The molecule has 110 valence electrons. The monoisotopic (exact) mass is 287 g/mol. The molecular weight excluding hydrogens is 269 g/mol. The fourth-order valence-corrected chi connectivity index (χ4v) is 2.88. The fourth-order valence-electron chi connectivity index (χ4n) is 2.88. The lowest BCUT2D eigenvalue weighted by molar-refractivity contribution is 0.0821. The second-order valence-electron chi connectivity index (χ2n) is 5.38. The summed E-state index contributed by atoms with van der Waals surface area (Å²) in [6.07, 6.45) is 5.14. The standard InChI is InChI=1S/C17H18FNO2/c1-2-8-21-13-9-12(10-19-11-13)17(20)7-6-14-15(17)4-3-5-16(14)18/h3-5,9-11,20H,2,6-8H2,1H3. The maximum absolute atomic E-state index is 13.8. The summed E-state index contributed by atoms with van der Waals surface area (Å²) in [5, 5.41) is 11.0. The number of fused-ring (bicyclic) bond motifs is 1. The van der Waals surface area contributed by atoms with Crippen LogP contribution in [0.5, 0.6) is 5.75 Å². The highest BCUT2D eigenvalue weighted by Gasteiger charge is 2.40. The molecule has 0 spiro atoms. The topological polar surface area (TPSA) is 42.4 Å². The molecule has 0 bridgehead atoms. The van der Waals surface area contributed by atoms with Gasteiger partial charge < -0.3 is 9.84 Å². The first-order valence-electron chi connectivity index (χ1n) is 7.23. The van der Waals surface area contributed by atoms with E-state index in [1.165, 1.54) is 6.07 Å². The zero-order chi connectivity index (χ0) is 14.9. The van der Waals surface area contributed by atoms with Crippen LogP contribution in [-0.4, -0.2) is 16.7 Å². The molecule has 21 heavy (non-hydrogen) atoms. The number of hydrogen-bond acceptors (Lipinski definition) is 3. The van der Waals surface area contributed by atoms with Gasteiger partial charge in [-0.25, -0.2) is 4.39 Å². The summed E-state index contributed by atoms with van der Waals surface area (Å²) in [5.74, 6) is 0.377. The Morgan fingerprint density at radius 1 is 1.38 bits per heavy atom. The van der Waals surface area contributed by atoms with E-state index in [-0.39, 0.29) is 5.82 Å². The number of nitrogens with zero attached hydrogens (tertiary/aromatic N) is 1. The summed E-state index contributed by atoms with van der Waals surface area (Å²) in [5.41, 5.74) is 0.702. The van der Waals surface area contributed by atoms with Gasteiger partial charge in [-0.3, -0.25) is 4.98 Å². The zero-order valence-electron chi connectivity index (χ0n) is 12.0. The molecule has 0 fully saturated rings. The number of ether oxygens (including phenoxy) is 1. The molecule has 0 saturated heterocycles. The average Bonchev–Trinajstić information content (AvgIpc) is 2.86. The van der Waals surface area contributed by atoms with Crippen molar-refractivity contribution in [2.45, 2.75) is 31.8 Å². The van der Waals surface area contributed by atoms with E-state index in [1.54, 1.807) is 30.6 Å². The van der Waals surface area contributed by atoms with E-state index >= 15 is 0 Å². The van der Waals surface area contributed by atoms with Crippen LogP contribution >= 0.6 is 0 Å². The zero-order valence-corrected chi connectivity index (χ0v) is 12.0. The van der Waals surface area contributed by atoms with Gasteiger partial charge >= 0.3 is 0 Å². The minimum Gasteiger partial charge on any atom is -0.492 e. The van der Waals surface area contributed by atoms with Crippen LogP contribution in [0.1, 0.15) is 36.5 Å². The maximum atomic E-state index is 13.8. The maximum Gasteiger partial charge on any atom is 0.137 e. The third-order valence-corrected chi connectivity index (χ3v) is 3.96. The molecule has 1 unspecified atom stereocenters. The van der Waals surface area contributed by atoms with Gasteiger partial charge in [0.1, 0.15) is 17.2 Å². The highest BCUT2D eigenvalue weighted by atomic mass is 19.1. The Balaban J connectivity index is 2.00. The number of hydrogen-bond donors (Lipinski definition) is 1. The Labute approximate surface area is 123 Å². The average molecular weight is 287 g/mol. The Bertz CT molecular complexity index is 659. The van der Waals surface area contributed by atoms with Crippen molar-refractivity contribution in [2.24, 2.45) is 0 Å². The van der Waals surface area contributed by atoms with Crippen LogP contribution in [-0.2, 0) is 12.0 Å². The summed E-state index contributed by atoms with van der Waals surface area (Å²) < 4.78 is 19.4. The smallest absolute Gasteiger partial charge is 0.137 e. The van der Waals surface area contributed by atoms with Crippen molar-refractivity contribution in [3.05, 3.63) is 59.2 Å². The lowest BCUT2D eigenvalue weighted by Crippen LogP contribution is -2.24. The number of aromatic nitrogens is 1. The first-order chi connectivity index (χ1) is 10.1. The molecule has 1 aromatic heterocycles. The van der Waals surface area contributed by atoms with Crippen molar-refractivity contribution in [3.63, 3.8) is 0 Å². The molecule has 0 radical (unpaired) electrons.